The molecule has 2 aromatic carbocycles. The Morgan fingerprint density at radius 2 is 1.75 bits per heavy atom. The van der Waals surface area contributed by atoms with Gasteiger partial charge in [0.15, 0.2) is 0 Å². The fraction of sp³-hybridized carbons (Fsp3) is 0.333. The highest BCUT2D eigenvalue weighted by molar-refractivity contribution is 6.31. The maximum Gasteiger partial charge on any atom is 0.0838 e. The molecule has 0 bridgehead atoms. The SMILES string of the molecule is CCc1ccc(CC)c(C(Cl)c2ccc(Cl)c(C)c2)c1. The van der Waals surface area contributed by atoms with Gasteiger partial charge in [0, 0.05) is 5.02 Å². The van der Waals surface area contributed by atoms with E-state index in [0.717, 1.165) is 29.0 Å². The summed E-state index contributed by atoms with van der Waals surface area (Å²) in [5.41, 5.74) is 6.04. The molecule has 0 nitrogen and oxygen atoms in total. The summed E-state index contributed by atoms with van der Waals surface area (Å²) in [6.07, 6.45) is 2.02. The number of alkyl halides is 1. The summed E-state index contributed by atoms with van der Waals surface area (Å²) in [5.74, 6) is 0. The Morgan fingerprint density at radius 3 is 2.35 bits per heavy atom. The van der Waals surface area contributed by atoms with Gasteiger partial charge in [-0.1, -0.05) is 55.8 Å². The van der Waals surface area contributed by atoms with E-state index in [0.29, 0.717) is 0 Å². The first-order valence-electron chi connectivity index (χ1n) is 7.08. The maximum atomic E-state index is 6.73. The molecule has 0 saturated carbocycles. The van der Waals surface area contributed by atoms with E-state index in [1.54, 1.807) is 0 Å². The zero-order valence-corrected chi connectivity index (χ0v) is 13.7. The molecule has 20 heavy (non-hydrogen) atoms. The van der Waals surface area contributed by atoms with Crippen LogP contribution >= 0.6 is 23.2 Å². The van der Waals surface area contributed by atoms with Crippen LogP contribution in [0.3, 0.4) is 0 Å². The summed E-state index contributed by atoms with van der Waals surface area (Å²) in [4.78, 5) is 0. The van der Waals surface area contributed by atoms with Crippen molar-refractivity contribution in [2.24, 2.45) is 0 Å². The van der Waals surface area contributed by atoms with Crippen molar-refractivity contribution < 1.29 is 0 Å². The average molecular weight is 307 g/mol. The van der Waals surface area contributed by atoms with Crippen molar-refractivity contribution in [3.63, 3.8) is 0 Å². The van der Waals surface area contributed by atoms with E-state index in [1.807, 2.05) is 19.1 Å². The van der Waals surface area contributed by atoms with Crippen LogP contribution in [-0.2, 0) is 12.8 Å². The summed E-state index contributed by atoms with van der Waals surface area (Å²) in [5, 5.41) is 0.669. The fourth-order valence-corrected chi connectivity index (χ4v) is 2.88. The van der Waals surface area contributed by atoms with Gasteiger partial charge in [0.25, 0.3) is 0 Å². The van der Waals surface area contributed by atoms with Crippen molar-refractivity contribution in [3.05, 3.63) is 69.2 Å². The van der Waals surface area contributed by atoms with Crippen molar-refractivity contribution in [2.75, 3.05) is 0 Å². The van der Waals surface area contributed by atoms with Crippen LogP contribution in [0.15, 0.2) is 36.4 Å². The third-order valence-electron chi connectivity index (χ3n) is 3.75. The standard InChI is InChI=1S/C18H20Cl2/c1-4-13-6-7-14(5-2)16(11-13)18(20)15-8-9-17(19)12(3)10-15/h6-11,18H,4-5H2,1-3H3. The zero-order valence-electron chi connectivity index (χ0n) is 12.2. The lowest BCUT2D eigenvalue weighted by Gasteiger charge is -2.17. The molecule has 0 aliphatic carbocycles. The Balaban J connectivity index is 2.45. The van der Waals surface area contributed by atoms with Crippen molar-refractivity contribution in [3.8, 4) is 0 Å². The lowest BCUT2D eigenvalue weighted by Crippen LogP contribution is -2.00. The van der Waals surface area contributed by atoms with Crippen LogP contribution in [-0.4, -0.2) is 0 Å². The molecule has 106 valence electrons. The third-order valence-corrected chi connectivity index (χ3v) is 4.66. The van der Waals surface area contributed by atoms with E-state index < -0.39 is 0 Å². The van der Waals surface area contributed by atoms with Gasteiger partial charge in [0.05, 0.1) is 5.38 Å². The van der Waals surface area contributed by atoms with Gasteiger partial charge in [-0.2, -0.15) is 0 Å². The molecule has 0 aliphatic rings. The lowest BCUT2D eigenvalue weighted by atomic mass is 9.94. The average Bonchev–Trinajstić information content (AvgIpc) is 2.48. The molecule has 0 fully saturated rings. The second-order valence-corrected chi connectivity index (χ2v) is 5.96. The third kappa shape index (κ3) is 3.19. The van der Waals surface area contributed by atoms with Crippen molar-refractivity contribution in [1.29, 1.82) is 0 Å². The largest absolute Gasteiger partial charge is 0.113 e. The molecule has 0 N–H and O–H groups in total. The molecule has 0 aromatic heterocycles. The van der Waals surface area contributed by atoms with Crippen LogP contribution in [0.1, 0.15) is 47.0 Å². The van der Waals surface area contributed by atoms with Gasteiger partial charge in [-0.15, -0.1) is 11.6 Å². The maximum absolute atomic E-state index is 6.73. The predicted octanol–water partition coefficient (Wildman–Crippen LogP) is 6.10. The number of benzene rings is 2. The molecule has 1 unspecified atom stereocenters. The second kappa shape index (κ2) is 6.65. The Labute approximate surface area is 131 Å². The number of halogens is 2. The highest BCUT2D eigenvalue weighted by Gasteiger charge is 2.15. The van der Waals surface area contributed by atoms with Crippen molar-refractivity contribution in [2.45, 2.75) is 39.0 Å². The monoisotopic (exact) mass is 306 g/mol. The summed E-state index contributed by atoms with van der Waals surface area (Å²) in [6.45, 7) is 6.35. The molecular weight excluding hydrogens is 287 g/mol. The highest BCUT2D eigenvalue weighted by Crippen LogP contribution is 2.33. The molecule has 0 radical (unpaired) electrons. The van der Waals surface area contributed by atoms with Crippen LogP contribution < -0.4 is 0 Å². The second-order valence-electron chi connectivity index (χ2n) is 5.11. The van der Waals surface area contributed by atoms with Crippen LogP contribution in [0.25, 0.3) is 0 Å². The molecular formula is C18H20Cl2. The first-order valence-corrected chi connectivity index (χ1v) is 7.90. The Bertz CT molecular complexity index is 602. The fourth-order valence-electron chi connectivity index (χ4n) is 2.43. The van der Waals surface area contributed by atoms with Gasteiger partial charge in [0.1, 0.15) is 0 Å². The van der Waals surface area contributed by atoms with Gasteiger partial charge in [-0.25, -0.2) is 0 Å². The van der Waals surface area contributed by atoms with Gasteiger partial charge in [-0.05, 0) is 53.6 Å². The minimum absolute atomic E-state index is 0.118. The normalized spacial score (nSPS) is 12.4. The Morgan fingerprint density at radius 1 is 1.00 bits per heavy atom. The Hall–Kier alpha value is -0.980. The van der Waals surface area contributed by atoms with E-state index in [1.165, 1.54) is 16.7 Å². The van der Waals surface area contributed by atoms with E-state index in [-0.39, 0.29) is 5.38 Å². The first-order chi connectivity index (χ1) is 9.56. The van der Waals surface area contributed by atoms with Crippen LogP contribution in [0.2, 0.25) is 5.02 Å². The smallest absolute Gasteiger partial charge is 0.0838 e. The van der Waals surface area contributed by atoms with Crippen molar-refractivity contribution in [1.82, 2.24) is 0 Å². The predicted molar refractivity (Wildman–Crippen MR) is 89.1 cm³/mol. The minimum Gasteiger partial charge on any atom is -0.113 e. The van der Waals surface area contributed by atoms with E-state index in [4.69, 9.17) is 23.2 Å². The van der Waals surface area contributed by atoms with Crippen LogP contribution in [0, 0.1) is 6.92 Å². The minimum atomic E-state index is -0.118. The molecule has 0 saturated heterocycles. The summed E-state index contributed by atoms with van der Waals surface area (Å²) in [7, 11) is 0. The van der Waals surface area contributed by atoms with Crippen LogP contribution in [0.5, 0.6) is 0 Å². The van der Waals surface area contributed by atoms with Gasteiger partial charge < -0.3 is 0 Å². The zero-order chi connectivity index (χ0) is 14.7. The van der Waals surface area contributed by atoms with Crippen molar-refractivity contribution >= 4 is 23.2 Å². The number of rotatable bonds is 4. The summed E-state index contributed by atoms with van der Waals surface area (Å²) in [6, 6.07) is 12.7. The van der Waals surface area contributed by atoms with Gasteiger partial charge in [-0.3, -0.25) is 0 Å². The van der Waals surface area contributed by atoms with E-state index >= 15 is 0 Å². The molecule has 0 amide bonds. The summed E-state index contributed by atoms with van der Waals surface area (Å²) < 4.78 is 0. The first kappa shape index (κ1) is 15.4. The van der Waals surface area contributed by atoms with Gasteiger partial charge >= 0.3 is 0 Å². The molecule has 1 atom stereocenters. The number of hydrogen-bond acceptors (Lipinski definition) is 0. The molecule has 0 spiro atoms. The molecule has 2 heteroatoms. The summed E-state index contributed by atoms with van der Waals surface area (Å²) >= 11 is 12.8. The van der Waals surface area contributed by atoms with Crippen LogP contribution in [0.4, 0.5) is 0 Å². The van der Waals surface area contributed by atoms with E-state index in [9.17, 15) is 0 Å². The van der Waals surface area contributed by atoms with E-state index in [2.05, 4.69) is 38.1 Å². The molecule has 0 aliphatic heterocycles. The Kier molecular flexibility index (Phi) is 5.12. The quantitative estimate of drug-likeness (QED) is 0.598. The lowest BCUT2D eigenvalue weighted by molar-refractivity contribution is 1.02. The number of hydrogen-bond donors (Lipinski definition) is 0. The highest BCUT2D eigenvalue weighted by atomic mass is 35.5. The van der Waals surface area contributed by atoms with Gasteiger partial charge in [0.2, 0.25) is 0 Å². The molecule has 2 rings (SSSR count). The topological polar surface area (TPSA) is 0 Å². The molecule has 2 aromatic rings. The number of aryl methyl sites for hydroxylation is 3. The molecule has 0 heterocycles.